The molecule has 18 heavy (non-hydrogen) atoms. The normalized spacial score (nSPS) is 27.1. The highest BCUT2D eigenvalue weighted by Crippen LogP contribution is 2.24. The fourth-order valence-electron chi connectivity index (χ4n) is 2.98. The summed E-state index contributed by atoms with van der Waals surface area (Å²) in [7, 11) is 0. The molecule has 0 spiro atoms. The van der Waals surface area contributed by atoms with Crippen molar-refractivity contribution in [3.05, 3.63) is 35.4 Å². The van der Waals surface area contributed by atoms with Crippen LogP contribution in [0.2, 0.25) is 0 Å². The second kappa shape index (κ2) is 5.85. The molecule has 1 heterocycles. The van der Waals surface area contributed by atoms with E-state index in [0.717, 1.165) is 6.54 Å². The molecule has 2 rings (SSSR count). The van der Waals surface area contributed by atoms with Crippen molar-refractivity contribution in [2.75, 3.05) is 6.54 Å². The highest BCUT2D eigenvalue weighted by Gasteiger charge is 2.26. The van der Waals surface area contributed by atoms with Crippen molar-refractivity contribution >= 4 is 0 Å². The number of benzene rings is 1. The number of hydrogen-bond donors (Lipinski definition) is 1. The molecular formula is C16H26N2. The molecule has 100 valence electrons. The molecule has 1 aliphatic heterocycles. The lowest BCUT2D eigenvalue weighted by Gasteiger charge is -2.40. The van der Waals surface area contributed by atoms with E-state index < -0.39 is 0 Å². The molecule has 0 radical (unpaired) electrons. The van der Waals surface area contributed by atoms with Gasteiger partial charge in [-0.1, -0.05) is 36.2 Å². The van der Waals surface area contributed by atoms with Crippen LogP contribution in [0.5, 0.6) is 0 Å². The summed E-state index contributed by atoms with van der Waals surface area (Å²) in [5, 5.41) is 0. The third-order valence-electron chi connectivity index (χ3n) is 4.29. The van der Waals surface area contributed by atoms with Crippen LogP contribution in [0.3, 0.4) is 0 Å². The van der Waals surface area contributed by atoms with Crippen LogP contribution >= 0.6 is 0 Å². The lowest BCUT2D eigenvalue weighted by molar-refractivity contribution is 0.0961. The molecule has 1 aromatic rings. The van der Waals surface area contributed by atoms with Gasteiger partial charge in [-0.3, -0.25) is 4.90 Å². The summed E-state index contributed by atoms with van der Waals surface area (Å²) < 4.78 is 0. The van der Waals surface area contributed by atoms with Gasteiger partial charge >= 0.3 is 0 Å². The second-order valence-electron chi connectivity index (χ2n) is 5.84. The van der Waals surface area contributed by atoms with E-state index in [1.807, 2.05) is 0 Å². The Morgan fingerprint density at radius 2 is 1.72 bits per heavy atom. The van der Waals surface area contributed by atoms with E-state index in [1.54, 1.807) is 0 Å². The Bertz CT molecular complexity index is 361. The number of rotatable bonds is 3. The van der Waals surface area contributed by atoms with Crippen LogP contribution in [0.1, 0.15) is 50.3 Å². The SMILES string of the molecule is Cc1ccc(C(N)CN2C(C)CCCC2C)cc1. The number of nitrogens with two attached hydrogens (primary N) is 1. The van der Waals surface area contributed by atoms with E-state index in [0.29, 0.717) is 12.1 Å². The number of likely N-dealkylation sites (tertiary alicyclic amines) is 1. The lowest BCUT2D eigenvalue weighted by atomic mass is 9.95. The predicted molar refractivity (Wildman–Crippen MR) is 77.6 cm³/mol. The number of hydrogen-bond acceptors (Lipinski definition) is 2. The zero-order valence-corrected chi connectivity index (χ0v) is 11.9. The molecule has 0 aliphatic carbocycles. The molecule has 1 aromatic carbocycles. The molecule has 3 atom stereocenters. The van der Waals surface area contributed by atoms with Crippen LogP contribution < -0.4 is 5.73 Å². The van der Waals surface area contributed by atoms with Crippen LogP contribution in [0, 0.1) is 6.92 Å². The zero-order chi connectivity index (χ0) is 13.1. The standard InChI is InChI=1S/C16H26N2/c1-12-7-9-15(10-8-12)16(17)11-18-13(2)5-4-6-14(18)3/h7-10,13-14,16H,4-6,11,17H2,1-3H3. The molecule has 2 heteroatoms. The van der Waals surface area contributed by atoms with E-state index >= 15 is 0 Å². The van der Waals surface area contributed by atoms with Gasteiger partial charge in [0.1, 0.15) is 0 Å². The van der Waals surface area contributed by atoms with E-state index in [2.05, 4.69) is 49.9 Å². The second-order valence-corrected chi connectivity index (χ2v) is 5.84. The first-order chi connectivity index (χ1) is 8.58. The highest BCUT2D eigenvalue weighted by atomic mass is 15.2. The molecule has 3 unspecified atom stereocenters. The maximum absolute atomic E-state index is 6.36. The van der Waals surface area contributed by atoms with Gasteiger partial charge in [0.15, 0.2) is 0 Å². The van der Waals surface area contributed by atoms with Crippen LogP contribution in [0.25, 0.3) is 0 Å². The van der Waals surface area contributed by atoms with E-state index in [-0.39, 0.29) is 6.04 Å². The summed E-state index contributed by atoms with van der Waals surface area (Å²) in [5.74, 6) is 0. The molecule has 1 saturated heterocycles. The Morgan fingerprint density at radius 3 is 2.28 bits per heavy atom. The van der Waals surface area contributed by atoms with Crippen LogP contribution in [0.15, 0.2) is 24.3 Å². The van der Waals surface area contributed by atoms with Crippen molar-refractivity contribution in [3.63, 3.8) is 0 Å². The van der Waals surface area contributed by atoms with Gasteiger partial charge in [0.05, 0.1) is 0 Å². The van der Waals surface area contributed by atoms with Gasteiger partial charge in [-0.05, 0) is 39.2 Å². The number of aryl methyl sites for hydroxylation is 1. The van der Waals surface area contributed by atoms with Crippen molar-refractivity contribution in [3.8, 4) is 0 Å². The Balaban J connectivity index is 2.01. The Morgan fingerprint density at radius 1 is 1.17 bits per heavy atom. The van der Waals surface area contributed by atoms with Crippen molar-refractivity contribution in [1.29, 1.82) is 0 Å². The fourth-order valence-corrected chi connectivity index (χ4v) is 2.98. The number of piperidine rings is 1. The quantitative estimate of drug-likeness (QED) is 0.887. The molecule has 1 fully saturated rings. The van der Waals surface area contributed by atoms with Gasteiger partial charge in [0, 0.05) is 24.7 Å². The van der Waals surface area contributed by atoms with E-state index in [1.165, 1.54) is 30.4 Å². The average Bonchev–Trinajstić information content (AvgIpc) is 2.34. The summed E-state index contributed by atoms with van der Waals surface area (Å²) in [5.41, 5.74) is 8.91. The molecule has 1 aliphatic rings. The van der Waals surface area contributed by atoms with Gasteiger partial charge in [-0.15, -0.1) is 0 Å². The molecule has 2 N–H and O–H groups in total. The highest BCUT2D eigenvalue weighted by molar-refractivity contribution is 5.24. The molecule has 0 aromatic heterocycles. The Kier molecular flexibility index (Phi) is 4.41. The molecular weight excluding hydrogens is 220 g/mol. The predicted octanol–water partition coefficient (Wildman–Crippen LogP) is 3.26. The van der Waals surface area contributed by atoms with Gasteiger partial charge in [0.25, 0.3) is 0 Å². The van der Waals surface area contributed by atoms with Crippen molar-refractivity contribution < 1.29 is 0 Å². The first-order valence-electron chi connectivity index (χ1n) is 7.16. The van der Waals surface area contributed by atoms with Gasteiger partial charge in [0.2, 0.25) is 0 Å². The minimum absolute atomic E-state index is 0.133. The van der Waals surface area contributed by atoms with Gasteiger partial charge in [-0.25, -0.2) is 0 Å². The van der Waals surface area contributed by atoms with Crippen molar-refractivity contribution in [2.45, 2.75) is 58.2 Å². The molecule has 0 bridgehead atoms. The maximum atomic E-state index is 6.36. The summed E-state index contributed by atoms with van der Waals surface area (Å²) in [4.78, 5) is 2.58. The van der Waals surface area contributed by atoms with E-state index in [9.17, 15) is 0 Å². The van der Waals surface area contributed by atoms with Crippen LogP contribution in [0.4, 0.5) is 0 Å². The maximum Gasteiger partial charge on any atom is 0.0424 e. The largest absolute Gasteiger partial charge is 0.323 e. The third-order valence-corrected chi connectivity index (χ3v) is 4.29. The Hall–Kier alpha value is -0.860. The van der Waals surface area contributed by atoms with Gasteiger partial charge in [-0.2, -0.15) is 0 Å². The zero-order valence-electron chi connectivity index (χ0n) is 11.9. The molecule has 0 amide bonds. The van der Waals surface area contributed by atoms with Crippen LogP contribution in [-0.2, 0) is 0 Å². The lowest BCUT2D eigenvalue weighted by Crippen LogP contribution is -2.46. The average molecular weight is 246 g/mol. The summed E-state index contributed by atoms with van der Waals surface area (Å²) in [6, 6.07) is 10.1. The van der Waals surface area contributed by atoms with Crippen molar-refractivity contribution in [1.82, 2.24) is 4.90 Å². The third kappa shape index (κ3) is 3.12. The topological polar surface area (TPSA) is 29.3 Å². The van der Waals surface area contributed by atoms with E-state index in [4.69, 9.17) is 5.73 Å². The Labute approximate surface area is 111 Å². The van der Waals surface area contributed by atoms with Gasteiger partial charge < -0.3 is 5.73 Å². The minimum atomic E-state index is 0.133. The fraction of sp³-hybridized carbons (Fsp3) is 0.625. The first-order valence-corrected chi connectivity index (χ1v) is 7.16. The minimum Gasteiger partial charge on any atom is -0.323 e. The summed E-state index contributed by atoms with van der Waals surface area (Å²) >= 11 is 0. The summed E-state index contributed by atoms with van der Waals surface area (Å²) in [6.07, 6.45) is 3.98. The number of nitrogens with zero attached hydrogens (tertiary/aromatic N) is 1. The molecule has 2 nitrogen and oxygen atoms in total. The van der Waals surface area contributed by atoms with Crippen molar-refractivity contribution in [2.24, 2.45) is 5.73 Å². The van der Waals surface area contributed by atoms with Crippen LogP contribution in [-0.4, -0.2) is 23.5 Å². The molecule has 0 saturated carbocycles. The first kappa shape index (κ1) is 13.6. The summed E-state index contributed by atoms with van der Waals surface area (Å²) in [6.45, 7) is 7.75. The smallest absolute Gasteiger partial charge is 0.0424 e. The monoisotopic (exact) mass is 246 g/mol.